The number of benzene rings is 1. The van der Waals surface area contributed by atoms with Crippen molar-refractivity contribution in [1.82, 2.24) is 4.90 Å². The van der Waals surface area contributed by atoms with Crippen LogP contribution in [-0.2, 0) is 16.1 Å². The SMILES string of the molecule is O=C(O)[C@@H]1CN(Cc2ccc(Cl)cc2Cl)CC12CCOCC2. The van der Waals surface area contributed by atoms with E-state index in [4.69, 9.17) is 27.9 Å². The lowest BCUT2D eigenvalue weighted by atomic mass is 9.72. The molecule has 6 heteroatoms. The summed E-state index contributed by atoms with van der Waals surface area (Å²) in [6.07, 6.45) is 1.63. The van der Waals surface area contributed by atoms with E-state index >= 15 is 0 Å². The second-order valence-corrected chi connectivity index (χ2v) is 7.11. The van der Waals surface area contributed by atoms with Gasteiger partial charge in [-0.05, 0) is 30.5 Å². The Kier molecular flexibility index (Phi) is 4.64. The zero-order valence-corrected chi connectivity index (χ0v) is 13.7. The van der Waals surface area contributed by atoms with E-state index in [1.54, 1.807) is 6.07 Å². The van der Waals surface area contributed by atoms with Crippen molar-refractivity contribution >= 4 is 29.2 Å². The number of carboxylic acids is 1. The molecule has 22 heavy (non-hydrogen) atoms. The molecule has 120 valence electrons. The molecule has 2 heterocycles. The van der Waals surface area contributed by atoms with Gasteiger partial charge in [-0.25, -0.2) is 0 Å². The number of rotatable bonds is 3. The number of hydrogen-bond acceptors (Lipinski definition) is 3. The molecule has 0 aliphatic carbocycles. The van der Waals surface area contributed by atoms with Gasteiger partial charge in [-0.1, -0.05) is 29.3 Å². The molecule has 0 unspecified atom stereocenters. The third kappa shape index (κ3) is 3.11. The van der Waals surface area contributed by atoms with Gasteiger partial charge in [0.25, 0.3) is 0 Å². The monoisotopic (exact) mass is 343 g/mol. The highest BCUT2D eigenvalue weighted by atomic mass is 35.5. The van der Waals surface area contributed by atoms with Crippen LogP contribution in [0.25, 0.3) is 0 Å². The molecule has 0 bridgehead atoms. The van der Waals surface area contributed by atoms with Gasteiger partial charge in [-0.2, -0.15) is 0 Å². The van der Waals surface area contributed by atoms with Crippen LogP contribution >= 0.6 is 23.2 Å². The summed E-state index contributed by atoms with van der Waals surface area (Å²) >= 11 is 12.2. The van der Waals surface area contributed by atoms with Crippen LogP contribution in [0.15, 0.2) is 18.2 Å². The quantitative estimate of drug-likeness (QED) is 0.914. The molecule has 2 aliphatic rings. The summed E-state index contributed by atoms with van der Waals surface area (Å²) in [5.41, 5.74) is 0.822. The topological polar surface area (TPSA) is 49.8 Å². The number of ether oxygens (including phenoxy) is 1. The van der Waals surface area contributed by atoms with Crippen LogP contribution in [0.5, 0.6) is 0 Å². The number of nitrogens with zero attached hydrogens (tertiary/aromatic N) is 1. The number of likely N-dealkylation sites (tertiary alicyclic amines) is 1. The van der Waals surface area contributed by atoms with Crippen molar-refractivity contribution < 1.29 is 14.6 Å². The lowest BCUT2D eigenvalue weighted by molar-refractivity contribution is -0.146. The molecule has 4 nitrogen and oxygen atoms in total. The molecule has 2 saturated heterocycles. The molecular formula is C16H19Cl2NO3. The van der Waals surface area contributed by atoms with Gasteiger partial charge in [-0.3, -0.25) is 9.69 Å². The molecule has 0 amide bonds. The van der Waals surface area contributed by atoms with Crippen LogP contribution in [0, 0.1) is 11.3 Å². The maximum Gasteiger partial charge on any atom is 0.308 e. The summed E-state index contributed by atoms with van der Waals surface area (Å²) in [6, 6.07) is 5.46. The summed E-state index contributed by atoms with van der Waals surface area (Å²) in [6.45, 7) is 3.31. The van der Waals surface area contributed by atoms with Gasteiger partial charge in [0.1, 0.15) is 0 Å². The molecule has 1 aromatic carbocycles. The Labute approximate surface area is 140 Å². The minimum absolute atomic E-state index is 0.164. The normalized spacial score (nSPS) is 24.7. The highest BCUT2D eigenvalue weighted by Crippen LogP contribution is 2.45. The number of aliphatic carboxylic acids is 1. The maximum absolute atomic E-state index is 11.7. The van der Waals surface area contributed by atoms with Crippen LogP contribution in [0.2, 0.25) is 10.0 Å². The molecule has 0 radical (unpaired) electrons. The van der Waals surface area contributed by atoms with E-state index in [1.807, 2.05) is 12.1 Å². The molecule has 2 aliphatic heterocycles. The highest BCUT2D eigenvalue weighted by Gasteiger charge is 2.50. The molecule has 1 spiro atoms. The molecule has 1 aromatic rings. The van der Waals surface area contributed by atoms with E-state index in [0.29, 0.717) is 36.3 Å². The van der Waals surface area contributed by atoms with Crippen LogP contribution < -0.4 is 0 Å². The summed E-state index contributed by atoms with van der Waals surface area (Å²) in [4.78, 5) is 13.9. The van der Waals surface area contributed by atoms with Crippen molar-refractivity contribution in [1.29, 1.82) is 0 Å². The molecule has 0 aromatic heterocycles. The molecule has 3 rings (SSSR count). The van der Waals surface area contributed by atoms with Gasteiger partial charge < -0.3 is 9.84 Å². The summed E-state index contributed by atoms with van der Waals surface area (Å²) in [5.74, 6) is -1.03. The Hall–Kier alpha value is -0.810. The smallest absolute Gasteiger partial charge is 0.308 e. The van der Waals surface area contributed by atoms with Crippen molar-refractivity contribution in [3.63, 3.8) is 0 Å². The van der Waals surface area contributed by atoms with Gasteiger partial charge in [0.05, 0.1) is 5.92 Å². The van der Waals surface area contributed by atoms with Crippen molar-refractivity contribution in [3.05, 3.63) is 33.8 Å². The number of carbonyl (C=O) groups is 1. The largest absolute Gasteiger partial charge is 0.481 e. The fourth-order valence-corrected chi connectivity index (χ4v) is 4.18. The first-order valence-electron chi connectivity index (χ1n) is 7.47. The van der Waals surface area contributed by atoms with Crippen molar-refractivity contribution in [2.24, 2.45) is 11.3 Å². The number of halogens is 2. The second-order valence-electron chi connectivity index (χ2n) is 6.27. The highest BCUT2D eigenvalue weighted by molar-refractivity contribution is 6.35. The first-order chi connectivity index (χ1) is 10.5. The standard InChI is InChI=1S/C16H19Cl2NO3/c17-12-2-1-11(14(18)7-12)8-19-9-13(15(20)21)16(10-19)3-5-22-6-4-16/h1-2,7,13H,3-6,8-10H2,(H,20,21)/t13-/m0/s1. The summed E-state index contributed by atoms with van der Waals surface area (Å²) in [5, 5.41) is 10.8. The molecule has 1 atom stereocenters. The number of carboxylic acid groups (broad SMARTS) is 1. The zero-order chi connectivity index (χ0) is 15.7. The van der Waals surface area contributed by atoms with E-state index in [1.165, 1.54) is 0 Å². The Morgan fingerprint density at radius 1 is 1.36 bits per heavy atom. The van der Waals surface area contributed by atoms with E-state index in [0.717, 1.165) is 24.9 Å². The first kappa shape index (κ1) is 16.1. The molecule has 2 fully saturated rings. The van der Waals surface area contributed by atoms with E-state index in [9.17, 15) is 9.90 Å². The van der Waals surface area contributed by atoms with E-state index in [2.05, 4.69) is 4.90 Å². The third-order valence-corrected chi connectivity index (χ3v) is 5.50. The average molecular weight is 344 g/mol. The third-order valence-electron chi connectivity index (χ3n) is 4.91. The van der Waals surface area contributed by atoms with Gasteiger partial charge >= 0.3 is 5.97 Å². The predicted molar refractivity (Wildman–Crippen MR) is 85.4 cm³/mol. The van der Waals surface area contributed by atoms with Gasteiger partial charge in [0.2, 0.25) is 0 Å². The fraction of sp³-hybridized carbons (Fsp3) is 0.562. The van der Waals surface area contributed by atoms with Crippen LogP contribution in [0.1, 0.15) is 18.4 Å². The Bertz CT molecular complexity index is 573. The lowest BCUT2D eigenvalue weighted by Crippen LogP contribution is -2.40. The molecule has 1 N–H and O–H groups in total. The summed E-state index contributed by atoms with van der Waals surface area (Å²) in [7, 11) is 0. The predicted octanol–water partition coefficient (Wildman–Crippen LogP) is 3.31. The van der Waals surface area contributed by atoms with Gasteiger partial charge in [0.15, 0.2) is 0 Å². The average Bonchev–Trinajstić information content (AvgIpc) is 2.81. The molecule has 0 saturated carbocycles. The van der Waals surface area contributed by atoms with Gasteiger partial charge in [0, 0.05) is 48.3 Å². The maximum atomic E-state index is 11.7. The Balaban J connectivity index is 1.77. The van der Waals surface area contributed by atoms with Crippen molar-refractivity contribution in [2.45, 2.75) is 19.4 Å². The Morgan fingerprint density at radius 3 is 2.73 bits per heavy atom. The minimum atomic E-state index is -0.702. The second kappa shape index (κ2) is 6.36. The van der Waals surface area contributed by atoms with Crippen LogP contribution in [-0.4, -0.2) is 42.3 Å². The van der Waals surface area contributed by atoms with Crippen LogP contribution in [0.3, 0.4) is 0 Å². The Morgan fingerprint density at radius 2 is 2.09 bits per heavy atom. The van der Waals surface area contributed by atoms with E-state index in [-0.39, 0.29) is 11.3 Å². The lowest BCUT2D eigenvalue weighted by Gasteiger charge is -2.36. The minimum Gasteiger partial charge on any atom is -0.481 e. The van der Waals surface area contributed by atoms with Crippen molar-refractivity contribution in [3.8, 4) is 0 Å². The van der Waals surface area contributed by atoms with Crippen molar-refractivity contribution in [2.75, 3.05) is 26.3 Å². The first-order valence-corrected chi connectivity index (χ1v) is 8.23. The van der Waals surface area contributed by atoms with E-state index < -0.39 is 5.97 Å². The van der Waals surface area contributed by atoms with Gasteiger partial charge in [-0.15, -0.1) is 0 Å². The number of hydrogen-bond donors (Lipinski definition) is 1. The summed E-state index contributed by atoms with van der Waals surface area (Å²) < 4.78 is 5.42. The molecular weight excluding hydrogens is 325 g/mol. The zero-order valence-electron chi connectivity index (χ0n) is 12.2. The fourth-order valence-electron chi connectivity index (χ4n) is 3.71. The van der Waals surface area contributed by atoms with Crippen LogP contribution in [0.4, 0.5) is 0 Å².